The van der Waals surface area contributed by atoms with Crippen LogP contribution in [-0.4, -0.2) is 41.3 Å². The second-order valence-corrected chi connectivity index (χ2v) is 12.7. The molecule has 2 aromatic carbocycles. The van der Waals surface area contributed by atoms with Gasteiger partial charge in [0.1, 0.15) is 0 Å². The summed E-state index contributed by atoms with van der Waals surface area (Å²) in [6, 6.07) is 15.2. The molecule has 0 saturated heterocycles. The van der Waals surface area contributed by atoms with E-state index in [1.54, 1.807) is 23.5 Å². The maximum Gasteiger partial charge on any atom is 1.00 e. The van der Waals surface area contributed by atoms with Crippen molar-refractivity contribution in [2.24, 2.45) is 17.8 Å². The Morgan fingerprint density at radius 2 is 1.39 bits per heavy atom. The fraction of sp³-hybridized carbons (Fsp3) is 0.367. The second-order valence-electron chi connectivity index (χ2n) is 9.54. The zero-order valence-corrected chi connectivity index (χ0v) is 28.2. The van der Waals surface area contributed by atoms with E-state index < -0.39 is 17.6 Å². The first-order valence-corrected chi connectivity index (χ1v) is 15.6. The van der Waals surface area contributed by atoms with Gasteiger partial charge in [-0.2, -0.15) is 0 Å². The number of thioether (sulfide) groups is 2. The first-order valence-electron chi connectivity index (χ1n) is 12.8. The van der Waals surface area contributed by atoms with E-state index in [9.17, 15) is 24.6 Å². The van der Waals surface area contributed by atoms with Crippen LogP contribution in [0.1, 0.15) is 32.1 Å². The average Bonchev–Trinajstić information content (AvgIpc) is 2.90. The molecular weight excluding hydrogens is 614 g/mol. The van der Waals surface area contributed by atoms with E-state index in [0.717, 1.165) is 28.2 Å². The summed E-state index contributed by atoms with van der Waals surface area (Å²) < 4.78 is 4.69. The van der Waals surface area contributed by atoms with Crippen molar-refractivity contribution >= 4 is 64.3 Å². The summed E-state index contributed by atoms with van der Waals surface area (Å²) >= 11 is 15.0. The van der Waals surface area contributed by atoms with Gasteiger partial charge in [0, 0.05) is 45.2 Å². The van der Waals surface area contributed by atoms with E-state index >= 15 is 0 Å². The normalized spacial score (nSPS) is 20.1. The van der Waals surface area contributed by atoms with Crippen LogP contribution in [0.25, 0.3) is 0 Å². The Hall–Kier alpha value is -1.39. The molecule has 6 nitrogen and oxygen atoms in total. The number of ketones is 2. The number of rotatable bonds is 9. The SMILES string of the molecule is COC(=O)C1C([O-])=CC(=O)CC1CCSc1ccc(Cl)cc1.O=C1C=C(O)CC(CCSc2ccc(Cl)cc2)C1.[Na+]. The van der Waals surface area contributed by atoms with Crippen molar-refractivity contribution in [3.05, 3.63) is 82.2 Å². The number of aliphatic hydroxyl groups excluding tert-OH is 1. The third kappa shape index (κ3) is 12.4. The van der Waals surface area contributed by atoms with Crippen molar-refractivity contribution in [3.8, 4) is 0 Å². The monoisotopic (exact) mass is 644 g/mol. The molecule has 0 aliphatic heterocycles. The number of benzene rings is 2. The average molecular weight is 646 g/mol. The Morgan fingerprint density at radius 3 is 1.90 bits per heavy atom. The van der Waals surface area contributed by atoms with Gasteiger partial charge in [-0.3, -0.25) is 14.4 Å². The molecule has 214 valence electrons. The predicted molar refractivity (Wildman–Crippen MR) is 159 cm³/mol. The molecule has 0 heterocycles. The van der Waals surface area contributed by atoms with Crippen molar-refractivity contribution in [2.75, 3.05) is 18.6 Å². The van der Waals surface area contributed by atoms with Gasteiger partial charge >= 0.3 is 35.5 Å². The van der Waals surface area contributed by atoms with E-state index in [1.165, 1.54) is 18.1 Å². The molecule has 0 saturated carbocycles. The minimum absolute atomic E-state index is 0. The molecule has 1 N–H and O–H groups in total. The standard InChI is InChI=1S/C16H17ClO4S.C14H15ClO2S.Na/c1-21-16(20)15-10(8-12(18)9-14(15)19)6-7-22-13-4-2-11(17)3-5-13;15-11-1-3-14(4-2-11)18-6-5-10-7-12(16)9-13(17)8-10;/h2-5,9-10,15,19H,6-8H2,1H3;1-4,9-10,16H,5-8H2;/q;;+1/p-1. The van der Waals surface area contributed by atoms with Gasteiger partial charge in [0.25, 0.3) is 0 Å². The van der Waals surface area contributed by atoms with Gasteiger partial charge in [0.05, 0.1) is 18.8 Å². The molecule has 3 unspecified atom stereocenters. The fourth-order valence-corrected chi connectivity index (χ4v) is 6.77. The Kier molecular flexibility index (Phi) is 16.0. The van der Waals surface area contributed by atoms with Crippen molar-refractivity contribution in [2.45, 2.75) is 41.9 Å². The van der Waals surface area contributed by atoms with Gasteiger partial charge in [-0.25, -0.2) is 0 Å². The molecule has 2 aliphatic carbocycles. The molecular formula is C30H31Cl2NaO6S2. The first-order chi connectivity index (χ1) is 19.1. The molecule has 0 spiro atoms. The summed E-state index contributed by atoms with van der Waals surface area (Å²) in [5.74, 6) is -0.153. The molecule has 0 radical (unpaired) electrons. The number of esters is 1. The van der Waals surface area contributed by atoms with Gasteiger partial charge in [0.15, 0.2) is 11.6 Å². The van der Waals surface area contributed by atoms with Gasteiger partial charge in [-0.05, 0) is 90.8 Å². The van der Waals surface area contributed by atoms with E-state index in [-0.39, 0.29) is 65.1 Å². The fourth-order valence-electron chi connectivity index (χ4n) is 4.51. The van der Waals surface area contributed by atoms with Crippen molar-refractivity contribution < 1.29 is 58.9 Å². The number of aliphatic hydroxyl groups is 1. The number of carbonyl (C=O) groups excluding carboxylic acids is 3. The smallest absolute Gasteiger partial charge is 0.875 e. The quantitative estimate of drug-likeness (QED) is 0.250. The van der Waals surface area contributed by atoms with Gasteiger partial charge in [-0.15, -0.1) is 29.3 Å². The molecule has 0 fully saturated rings. The Balaban J connectivity index is 0.000000285. The summed E-state index contributed by atoms with van der Waals surface area (Å²) in [6.07, 6.45) is 5.31. The van der Waals surface area contributed by atoms with Crippen molar-refractivity contribution in [3.63, 3.8) is 0 Å². The Bertz CT molecular complexity index is 1230. The van der Waals surface area contributed by atoms with Crippen LogP contribution >= 0.6 is 46.7 Å². The van der Waals surface area contributed by atoms with Crippen LogP contribution in [0, 0.1) is 17.8 Å². The zero-order chi connectivity index (χ0) is 29.1. The number of carbonyl (C=O) groups is 3. The largest absolute Gasteiger partial charge is 1.00 e. The maximum absolute atomic E-state index is 11.9. The van der Waals surface area contributed by atoms with Crippen LogP contribution in [0.15, 0.2) is 82.0 Å². The van der Waals surface area contributed by atoms with Crippen LogP contribution in [0.2, 0.25) is 10.0 Å². The van der Waals surface area contributed by atoms with E-state index in [1.807, 2.05) is 48.5 Å². The molecule has 2 aromatic rings. The third-order valence-electron chi connectivity index (χ3n) is 6.49. The molecule has 11 heteroatoms. The molecule has 4 rings (SSSR count). The Labute approximate surface area is 281 Å². The number of halogens is 2. The van der Waals surface area contributed by atoms with Crippen molar-refractivity contribution in [1.29, 1.82) is 0 Å². The minimum atomic E-state index is -0.853. The van der Waals surface area contributed by atoms with Gasteiger partial charge in [0.2, 0.25) is 0 Å². The number of methoxy groups -OCH3 is 1. The second kappa shape index (κ2) is 18.3. The van der Waals surface area contributed by atoms with Crippen LogP contribution in [0.3, 0.4) is 0 Å². The molecule has 3 atom stereocenters. The third-order valence-corrected chi connectivity index (χ3v) is 9.09. The van der Waals surface area contributed by atoms with Crippen molar-refractivity contribution in [1.82, 2.24) is 0 Å². The topological polar surface area (TPSA) is 104 Å². The van der Waals surface area contributed by atoms with E-state index in [0.29, 0.717) is 30.0 Å². The summed E-state index contributed by atoms with van der Waals surface area (Å²) in [7, 11) is 1.26. The molecule has 41 heavy (non-hydrogen) atoms. The molecule has 0 bridgehead atoms. The van der Waals surface area contributed by atoms with E-state index in [2.05, 4.69) is 0 Å². The Morgan fingerprint density at radius 1 is 0.878 bits per heavy atom. The predicted octanol–water partition coefficient (Wildman–Crippen LogP) is 3.69. The van der Waals surface area contributed by atoms with Gasteiger partial charge in [-0.1, -0.05) is 23.2 Å². The van der Waals surface area contributed by atoms with Crippen LogP contribution in [-0.2, 0) is 19.1 Å². The van der Waals surface area contributed by atoms with Gasteiger partial charge < -0.3 is 14.9 Å². The maximum atomic E-state index is 11.9. The van der Waals surface area contributed by atoms with Crippen LogP contribution in [0.4, 0.5) is 0 Å². The number of allylic oxidation sites excluding steroid dienone is 3. The van der Waals surface area contributed by atoms with E-state index in [4.69, 9.17) is 27.9 Å². The minimum Gasteiger partial charge on any atom is -0.875 e. The van der Waals surface area contributed by atoms with Crippen LogP contribution < -0.4 is 34.7 Å². The molecule has 2 aliphatic rings. The van der Waals surface area contributed by atoms with Crippen LogP contribution in [0.5, 0.6) is 0 Å². The molecule has 0 aromatic heterocycles. The number of hydrogen-bond acceptors (Lipinski definition) is 8. The molecule has 0 amide bonds. The summed E-state index contributed by atoms with van der Waals surface area (Å²) in [5, 5.41) is 22.7. The summed E-state index contributed by atoms with van der Waals surface area (Å²) in [6.45, 7) is 0. The number of hydrogen-bond donors (Lipinski definition) is 1. The summed E-state index contributed by atoms with van der Waals surface area (Å²) in [4.78, 5) is 36.9. The summed E-state index contributed by atoms with van der Waals surface area (Å²) in [5.41, 5.74) is 0. The zero-order valence-electron chi connectivity index (χ0n) is 23.0. The number of ether oxygens (including phenoxy) is 1. The first kappa shape index (κ1) is 35.8.